The maximum Gasteiger partial charge on any atom is 0.261 e. The number of amides is 1. The standard InChI is InChI=1S/C23H29FN4O2S/c1-15(2)20(27-8-10-30-11-9-27)13-25-22(29)21-12-19-16(3)26-28(23(19)31-21)14-17-4-6-18(24)7-5-17/h4-7,12,15,20H,8-11,13-14H2,1-3H3,(H,25,29)/t20-/m0/s1. The Kier molecular flexibility index (Phi) is 6.69. The molecule has 3 aromatic rings. The first-order chi connectivity index (χ1) is 14.9. The summed E-state index contributed by atoms with van der Waals surface area (Å²) in [6.45, 7) is 10.8. The van der Waals surface area contributed by atoms with Crippen molar-refractivity contribution in [2.24, 2.45) is 5.92 Å². The minimum Gasteiger partial charge on any atom is -0.379 e. The maximum atomic E-state index is 13.2. The third-order valence-corrected chi connectivity index (χ3v) is 6.98. The average Bonchev–Trinajstić information content (AvgIpc) is 3.32. The van der Waals surface area contributed by atoms with Crippen molar-refractivity contribution in [3.8, 4) is 0 Å². The Hall–Kier alpha value is -2.29. The number of hydrogen-bond donors (Lipinski definition) is 1. The predicted octanol–water partition coefficient (Wildman–Crippen LogP) is 3.68. The van der Waals surface area contributed by atoms with E-state index in [-0.39, 0.29) is 17.8 Å². The molecular formula is C23H29FN4O2S. The van der Waals surface area contributed by atoms with E-state index in [1.165, 1.54) is 23.5 Å². The number of carbonyl (C=O) groups excluding carboxylic acids is 1. The van der Waals surface area contributed by atoms with E-state index in [1.54, 1.807) is 12.1 Å². The second kappa shape index (κ2) is 9.46. The smallest absolute Gasteiger partial charge is 0.261 e. The van der Waals surface area contributed by atoms with Crippen LogP contribution in [0.15, 0.2) is 30.3 Å². The van der Waals surface area contributed by atoms with Crippen molar-refractivity contribution in [1.82, 2.24) is 20.0 Å². The molecule has 0 saturated carbocycles. The molecule has 1 saturated heterocycles. The number of nitrogens with zero attached hydrogens (tertiary/aromatic N) is 3. The average molecular weight is 445 g/mol. The summed E-state index contributed by atoms with van der Waals surface area (Å²) < 4.78 is 20.6. The number of hydrogen-bond acceptors (Lipinski definition) is 5. The van der Waals surface area contributed by atoms with Crippen LogP contribution in [0.2, 0.25) is 0 Å². The van der Waals surface area contributed by atoms with Crippen LogP contribution in [-0.2, 0) is 11.3 Å². The summed E-state index contributed by atoms with van der Waals surface area (Å²) in [5, 5.41) is 8.74. The third kappa shape index (κ3) is 4.97. The van der Waals surface area contributed by atoms with Crippen LogP contribution in [0.25, 0.3) is 10.2 Å². The topological polar surface area (TPSA) is 59.4 Å². The van der Waals surface area contributed by atoms with Gasteiger partial charge in [0.1, 0.15) is 10.6 Å². The number of rotatable bonds is 7. The first-order valence-corrected chi connectivity index (χ1v) is 11.6. The van der Waals surface area contributed by atoms with Gasteiger partial charge >= 0.3 is 0 Å². The van der Waals surface area contributed by atoms with E-state index < -0.39 is 0 Å². The number of thiophene rings is 1. The van der Waals surface area contributed by atoms with Gasteiger partial charge in [0, 0.05) is 31.1 Å². The summed E-state index contributed by atoms with van der Waals surface area (Å²) >= 11 is 1.45. The number of aryl methyl sites for hydroxylation is 1. The van der Waals surface area contributed by atoms with Gasteiger partial charge in [0.15, 0.2) is 0 Å². The zero-order chi connectivity index (χ0) is 22.0. The summed E-state index contributed by atoms with van der Waals surface area (Å²) in [7, 11) is 0. The molecule has 8 heteroatoms. The Bertz CT molecular complexity index is 1040. The highest BCUT2D eigenvalue weighted by atomic mass is 32.1. The lowest BCUT2D eigenvalue weighted by atomic mass is 10.0. The lowest BCUT2D eigenvalue weighted by Crippen LogP contribution is -2.51. The van der Waals surface area contributed by atoms with E-state index in [1.807, 2.05) is 17.7 Å². The fourth-order valence-corrected chi connectivity index (χ4v) is 5.15. The van der Waals surface area contributed by atoms with Crippen LogP contribution >= 0.6 is 11.3 Å². The molecular weight excluding hydrogens is 415 g/mol. The fourth-order valence-electron chi connectivity index (χ4n) is 4.07. The largest absolute Gasteiger partial charge is 0.379 e. The lowest BCUT2D eigenvalue weighted by Gasteiger charge is -2.36. The molecule has 3 heterocycles. The summed E-state index contributed by atoms with van der Waals surface area (Å²) in [5.74, 6) is 0.137. The maximum absolute atomic E-state index is 13.2. The molecule has 0 radical (unpaired) electrons. The molecule has 4 rings (SSSR count). The van der Waals surface area contributed by atoms with Gasteiger partial charge in [0.05, 0.1) is 30.3 Å². The van der Waals surface area contributed by atoms with Crippen molar-refractivity contribution < 1.29 is 13.9 Å². The van der Waals surface area contributed by atoms with Gasteiger partial charge in [-0.25, -0.2) is 4.39 Å². The molecule has 6 nitrogen and oxygen atoms in total. The predicted molar refractivity (Wildman–Crippen MR) is 121 cm³/mol. The molecule has 1 aliphatic heterocycles. The summed E-state index contributed by atoms with van der Waals surface area (Å²) in [6, 6.07) is 8.65. The van der Waals surface area contributed by atoms with E-state index in [9.17, 15) is 9.18 Å². The SMILES string of the molecule is Cc1nn(Cc2ccc(F)cc2)c2sc(C(=O)NC[C@@H](C(C)C)N3CCOCC3)cc12. The Morgan fingerprint density at radius 3 is 2.65 bits per heavy atom. The zero-order valence-electron chi connectivity index (χ0n) is 18.2. The molecule has 1 aliphatic rings. The molecule has 0 spiro atoms. The minimum absolute atomic E-state index is 0.0483. The molecule has 2 aromatic heterocycles. The van der Waals surface area contributed by atoms with E-state index in [0.29, 0.717) is 23.9 Å². The molecule has 31 heavy (non-hydrogen) atoms. The molecule has 0 aliphatic carbocycles. The van der Waals surface area contributed by atoms with Crippen LogP contribution in [-0.4, -0.2) is 59.5 Å². The van der Waals surface area contributed by atoms with Gasteiger partial charge < -0.3 is 10.1 Å². The summed E-state index contributed by atoms with van der Waals surface area (Å²) in [4.78, 5) is 17.0. The number of benzene rings is 1. The van der Waals surface area contributed by atoms with Crippen molar-refractivity contribution in [2.75, 3.05) is 32.8 Å². The third-order valence-electron chi connectivity index (χ3n) is 5.83. The van der Waals surface area contributed by atoms with Gasteiger partial charge in [-0.05, 0) is 36.6 Å². The van der Waals surface area contributed by atoms with E-state index in [4.69, 9.17) is 4.74 Å². The van der Waals surface area contributed by atoms with Crippen molar-refractivity contribution in [1.29, 1.82) is 0 Å². The zero-order valence-corrected chi connectivity index (χ0v) is 19.0. The number of morpholine rings is 1. The van der Waals surface area contributed by atoms with Crippen LogP contribution in [0, 0.1) is 18.7 Å². The Morgan fingerprint density at radius 2 is 1.97 bits per heavy atom. The summed E-state index contributed by atoms with van der Waals surface area (Å²) in [5.41, 5.74) is 1.86. The van der Waals surface area contributed by atoms with E-state index in [2.05, 4.69) is 29.2 Å². The Labute approximate surface area is 186 Å². The molecule has 0 bridgehead atoms. The molecule has 1 fully saturated rings. The van der Waals surface area contributed by atoms with E-state index in [0.717, 1.165) is 47.8 Å². The van der Waals surface area contributed by atoms with Gasteiger partial charge in [-0.15, -0.1) is 11.3 Å². The van der Waals surface area contributed by atoms with Crippen molar-refractivity contribution in [3.63, 3.8) is 0 Å². The van der Waals surface area contributed by atoms with Crippen molar-refractivity contribution >= 4 is 27.5 Å². The molecule has 1 aromatic carbocycles. The number of ether oxygens (including phenoxy) is 1. The summed E-state index contributed by atoms with van der Waals surface area (Å²) in [6.07, 6.45) is 0. The van der Waals surface area contributed by atoms with Gasteiger partial charge in [-0.2, -0.15) is 5.10 Å². The van der Waals surface area contributed by atoms with Crippen LogP contribution < -0.4 is 5.32 Å². The monoisotopic (exact) mass is 444 g/mol. The number of nitrogens with one attached hydrogen (secondary N) is 1. The Morgan fingerprint density at radius 1 is 1.26 bits per heavy atom. The first-order valence-electron chi connectivity index (χ1n) is 10.7. The molecule has 1 atom stereocenters. The number of aromatic nitrogens is 2. The van der Waals surface area contributed by atoms with Gasteiger partial charge in [0.2, 0.25) is 0 Å². The highest BCUT2D eigenvalue weighted by Crippen LogP contribution is 2.29. The highest BCUT2D eigenvalue weighted by molar-refractivity contribution is 7.20. The lowest BCUT2D eigenvalue weighted by molar-refractivity contribution is 0.00674. The number of carbonyl (C=O) groups is 1. The molecule has 0 unspecified atom stereocenters. The molecule has 166 valence electrons. The Balaban J connectivity index is 1.47. The number of fused-ring (bicyclic) bond motifs is 1. The normalized spacial score (nSPS) is 16.2. The second-order valence-electron chi connectivity index (χ2n) is 8.37. The van der Waals surface area contributed by atoms with Crippen molar-refractivity contribution in [2.45, 2.75) is 33.4 Å². The highest BCUT2D eigenvalue weighted by Gasteiger charge is 2.25. The van der Waals surface area contributed by atoms with Crippen LogP contribution in [0.4, 0.5) is 4.39 Å². The van der Waals surface area contributed by atoms with Crippen LogP contribution in [0.1, 0.15) is 34.8 Å². The quantitative estimate of drug-likeness (QED) is 0.604. The fraction of sp³-hybridized carbons (Fsp3) is 0.478. The van der Waals surface area contributed by atoms with Crippen molar-refractivity contribution in [3.05, 3.63) is 52.3 Å². The first kappa shape index (κ1) is 21.9. The number of halogens is 1. The molecule has 1 amide bonds. The van der Waals surface area contributed by atoms with Crippen LogP contribution in [0.3, 0.4) is 0 Å². The van der Waals surface area contributed by atoms with Gasteiger partial charge in [0.25, 0.3) is 5.91 Å². The van der Waals surface area contributed by atoms with Gasteiger partial charge in [-0.1, -0.05) is 26.0 Å². The van der Waals surface area contributed by atoms with E-state index >= 15 is 0 Å². The molecule has 1 N–H and O–H groups in total. The minimum atomic E-state index is -0.252. The van der Waals surface area contributed by atoms with Crippen LogP contribution in [0.5, 0.6) is 0 Å². The van der Waals surface area contributed by atoms with Gasteiger partial charge in [-0.3, -0.25) is 14.4 Å². The second-order valence-corrected chi connectivity index (χ2v) is 9.40.